The zero-order valence-electron chi connectivity index (χ0n) is 18.6. The third-order valence-electron chi connectivity index (χ3n) is 5.86. The summed E-state index contributed by atoms with van der Waals surface area (Å²) in [6, 6.07) is 21.2. The van der Waals surface area contributed by atoms with Gasteiger partial charge in [0.15, 0.2) is 5.75 Å². The summed E-state index contributed by atoms with van der Waals surface area (Å²) in [7, 11) is 0. The van der Waals surface area contributed by atoms with Crippen LogP contribution < -0.4 is 10.2 Å². The van der Waals surface area contributed by atoms with Gasteiger partial charge in [-0.15, -0.1) is 0 Å². The normalized spacial score (nSPS) is 14.3. The molecule has 1 saturated heterocycles. The summed E-state index contributed by atoms with van der Waals surface area (Å²) in [4.78, 5) is 29.5. The Labute approximate surface area is 193 Å². The number of ether oxygens (including phenoxy) is 1. The molecule has 2 aromatic carbocycles. The molecule has 33 heavy (non-hydrogen) atoms. The van der Waals surface area contributed by atoms with Gasteiger partial charge in [-0.05, 0) is 11.1 Å². The number of piperazine rings is 1. The first kappa shape index (κ1) is 22.8. The molecule has 1 fully saturated rings. The van der Waals surface area contributed by atoms with Crippen LogP contribution >= 0.6 is 0 Å². The predicted molar refractivity (Wildman–Crippen MR) is 126 cm³/mol. The van der Waals surface area contributed by atoms with Crippen molar-refractivity contribution >= 4 is 5.91 Å². The average molecular weight is 448 g/mol. The highest BCUT2D eigenvalue weighted by Crippen LogP contribution is 2.13. The van der Waals surface area contributed by atoms with Crippen LogP contribution in [0.25, 0.3) is 0 Å². The van der Waals surface area contributed by atoms with Crippen LogP contribution in [-0.4, -0.2) is 51.6 Å². The minimum atomic E-state index is -0.327. The Morgan fingerprint density at radius 3 is 2.18 bits per heavy atom. The van der Waals surface area contributed by atoms with E-state index in [4.69, 9.17) is 4.74 Å². The Morgan fingerprint density at radius 2 is 1.55 bits per heavy atom. The lowest BCUT2D eigenvalue weighted by Crippen LogP contribution is -2.49. The van der Waals surface area contributed by atoms with Crippen LogP contribution in [0.5, 0.6) is 5.75 Å². The van der Waals surface area contributed by atoms with Crippen LogP contribution in [0.1, 0.15) is 16.8 Å². The van der Waals surface area contributed by atoms with E-state index < -0.39 is 0 Å². The molecule has 0 saturated carbocycles. The summed E-state index contributed by atoms with van der Waals surface area (Å²) in [6.07, 6.45) is 1.53. The van der Waals surface area contributed by atoms with E-state index in [9.17, 15) is 14.7 Å². The molecule has 0 radical (unpaired) electrons. The van der Waals surface area contributed by atoms with Crippen molar-refractivity contribution in [2.75, 3.05) is 26.2 Å². The van der Waals surface area contributed by atoms with Crippen LogP contribution in [0.4, 0.5) is 0 Å². The molecule has 0 unspecified atom stereocenters. The summed E-state index contributed by atoms with van der Waals surface area (Å²) in [6.45, 7) is 3.77. The minimum absolute atomic E-state index is 0.0401. The van der Waals surface area contributed by atoms with Gasteiger partial charge in [-0.3, -0.25) is 14.5 Å². The maximum atomic E-state index is 13.0. The third kappa shape index (κ3) is 6.09. The van der Waals surface area contributed by atoms with E-state index >= 15 is 0 Å². The summed E-state index contributed by atoms with van der Waals surface area (Å²) in [5.74, 6) is 0.123. The average Bonchev–Trinajstić information content (AvgIpc) is 2.85. The predicted octanol–water partition coefficient (Wildman–Crippen LogP) is 2.26. The second-order valence-corrected chi connectivity index (χ2v) is 8.20. The maximum absolute atomic E-state index is 13.0. The van der Waals surface area contributed by atoms with Gasteiger partial charge in [0, 0.05) is 44.5 Å². The van der Waals surface area contributed by atoms with Crippen molar-refractivity contribution in [1.29, 1.82) is 0 Å². The Bertz CT molecular complexity index is 1110. The molecule has 0 spiro atoms. The molecule has 2 heterocycles. The summed E-state index contributed by atoms with van der Waals surface area (Å²) < 4.78 is 7.33. The second kappa shape index (κ2) is 10.9. The third-order valence-corrected chi connectivity index (χ3v) is 5.86. The van der Waals surface area contributed by atoms with E-state index in [-0.39, 0.29) is 36.8 Å². The van der Waals surface area contributed by atoms with E-state index in [1.165, 1.54) is 17.8 Å². The Hall–Kier alpha value is -3.42. The van der Waals surface area contributed by atoms with Gasteiger partial charge in [0.05, 0.1) is 12.8 Å². The minimum Gasteiger partial charge on any atom is -0.483 e. The molecule has 1 aliphatic rings. The van der Waals surface area contributed by atoms with Crippen molar-refractivity contribution in [2.45, 2.75) is 26.3 Å². The van der Waals surface area contributed by atoms with Gasteiger partial charge in [0.1, 0.15) is 13.2 Å². The molecule has 1 aromatic heterocycles. The molecule has 172 valence electrons. The zero-order valence-corrected chi connectivity index (χ0v) is 18.6. The SMILES string of the molecule is O=C(Cn1cc(OCc2ccccc2)c(=O)cc1CO)N1CCN(Cc2ccccc2)CC1. The van der Waals surface area contributed by atoms with Crippen molar-refractivity contribution in [3.05, 3.63) is 100.0 Å². The lowest BCUT2D eigenvalue weighted by atomic mass is 10.2. The zero-order chi connectivity index (χ0) is 23.0. The molecule has 0 bridgehead atoms. The van der Waals surface area contributed by atoms with Gasteiger partial charge in [-0.25, -0.2) is 0 Å². The van der Waals surface area contributed by atoms with Gasteiger partial charge in [0.25, 0.3) is 0 Å². The first-order valence-corrected chi connectivity index (χ1v) is 11.2. The number of carbonyl (C=O) groups is 1. The monoisotopic (exact) mass is 447 g/mol. The summed E-state index contributed by atoms with van der Waals surface area (Å²) >= 11 is 0. The van der Waals surface area contributed by atoms with Crippen molar-refractivity contribution in [1.82, 2.24) is 14.4 Å². The number of amides is 1. The lowest BCUT2D eigenvalue weighted by molar-refractivity contribution is -0.133. The molecule has 7 heteroatoms. The van der Waals surface area contributed by atoms with Crippen molar-refractivity contribution in [2.24, 2.45) is 0 Å². The number of hydrogen-bond donors (Lipinski definition) is 1. The van der Waals surface area contributed by atoms with Crippen molar-refractivity contribution in [3.63, 3.8) is 0 Å². The molecule has 0 atom stereocenters. The second-order valence-electron chi connectivity index (χ2n) is 8.20. The van der Waals surface area contributed by atoms with E-state index in [1.54, 1.807) is 4.57 Å². The van der Waals surface area contributed by atoms with Crippen molar-refractivity contribution < 1.29 is 14.6 Å². The first-order valence-electron chi connectivity index (χ1n) is 11.2. The van der Waals surface area contributed by atoms with Crippen molar-refractivity contribution in [3.8, 4) is 5.75 Å². The van der Waals surface area contributed by atoms with E-state index in [1.807, 2.05) is 53.4 Å². The highest BCUT2D eigenvalue weighted by atomic mass is 16.5. The Morgan fingerprint density at radius 1 is 0.909 bits per heavy atom. The molecule has 1 N–H and O–H groups in total. The Kier molecular flexibility index (Phi) is 7.55. The molecule has 7 nitrogen and oxygen atoms in total. The number of nitrogens with zero attached hydrogens (tertiary/aromatic N) is 3. The highest BCUT2D eigenvalue weighted by molar-refractivity contribution is 5.76. The number of aliphatic hydroxyl groups is 1. The van der Waals surface area contributed by atoms with E-state index in [2.05, 4.69) is 17.0 Å². The molecular formula is C26H29N3O4. The molecule has 4 rings (SSSR count). The molecule has 1 amide bonds. The number of pyridine rings is 1. The van der Waals surface area contributed by atoms with Gasteiger partial charge in [-0.2, -0.15) is 0 Å². The smallest absolute Gasteiger partial charge is 0.242 e. The lowest BCUT2D eigenvalue weighted by Gasteiger charge is -2.35. The maximum Gasteiger partial charge on any atom is 0.242 e. The topological polar surface area (TPSA) is 75.0 Å². The largest absolute Gasteiger partial charge is 0.483 e. The van der Waals surface area contributed by atoms with Crippen LogP contribution in [-0.2, 0) is 31.1 Å². The fourth-order valence-electron chi connectivity index (χ4n) is 3.96. The van der Waals surface area contributed by atoms with E-state index in [0.29, 0.717) is 18.8 Å². The van der Waals surface area contributed by atoms with Gasteiger partial charge >= 0.3 is 0 Å². The van der Waals surface area contributed by atoms with Crippen LogP contribution in [0.2, 0.25) is 0 Å². The highest BCUT2D eigenvalue weighted by Gasteiger charge is 2.22. The Balaban J connectivity index is 1.37. The molecule has 3 aromatic rings. The summed E-state index contributed by atoms with van der Waals surface area (Å²) in [5.41, 5.74) is 2.29. The number of benzene rings is 2. The molecular weight excluding hydrogens is 418 g/mol. The van der Waals surface area contributed by atoms with Gasteiger partial charge < -0.3 is 19.3 Å². The number of aliphatic hydroxyl groups excluding tert-OH is 1. The number of aromatic nitrogens is 1. The number of carbonyl (C=O) groups excluding carboxylic acids is 1. The molecule has 0 aliphatic carbocycles. The van der Waals surface area contributed by atoms with Crippen LogP contribution in [0.15, 0.2) is 77.7 Å². The number of hydrogen-bond acceptors (Lipinski definition) is 5. The first-order chi connectivity index (χ1) is 16.1. The van der Waals surface area contributed by atoms with Crippen LogP contribution in [0.3, 0.4) is 0 Å². The standard InChI is InChI=1S/C26H29N3O4/c30-19-23-15-24(31)25(33-20-22-9-5-2-6-10-22)17-29(23)18-26(32)28-13-11-27(12-14-28)16-21-7-3-1-4-8-21/h1-10,15,17,30H,11-14,16,18-20H2. The van der Waals surface area contributed by atoms with Gasteiger partial charge in [0.2, 0.25) is 11.3 Å². The van der Waals surface area contributed by atoms with E-state index in [0.717, 1.165) is 25.2 Å². The molecule has 1 aliphatic heterocycles. The fourth-order valence-corrected chi connectivity index (χ4v) is 3.96. The number of rotatable bonds is 8. The summed E-state index contributed by atoms with van der Waals surface area (Å²) in [5, 5.41) is 9.71. The fraction of sp³-hybridized carbons (Fsp3) is 0.308. The quantitative estimate of drug-likeness (QED) is 0.573. The van der Waals surface area contributed by atoms with Gasteiger partial charge in [-0.1, -0.05) is 60.7 Å². The van der Waals surface area contributed by atoms with Crippen LogP contribution in [0, 0.1) is 0 Å².